The minimum atomic E-state index is -4.71. The van der Waals surface area contributed by atoms with Gasteiger partial charge in [-0.25, -0.2) is 0 Å². The van der Waals surface area contributed by atoms with Gasteiger partial charge in [-0.05, 0) is 36.8 Å². The van der Waals surface area contributed by atoms with Crippen LogP contribution in [0.25, 0.3) is 0 Å². The molecule has 0 amide bonds. The van der Waals surface area contributed by atoms with Crippen molar-refractivity contribution in [1.82, 2.24) is 5.32 Å². The van der Waals surface area contributed by atoms with Crippen LogP contribution in [0.4, 0.5) is 13.2 Å². The topological polar surface area (TPSA) is 75.6 Å². The minimum absolute atomic E-state index is 0.0123. The van der Waals surface area contributed by atoms with Crippen LogP contribution in [0.15, 0.2) is 47.4 Å². The second-order valence-corrected chi connectivity index (χ2v) is 7.71. The Balaban J connectivity index is 0.000000208. The molecule has 0 bridgehead atoms. The Morgan fingerprint density at radius 3 is 2.15 bits per heavy atom. The van der Waals surface area contributed by atoms with E-state index in [1.54, 1.807) is 18.2 Å². The number of rotatable bonds is 3. The molecule has 3 rings (SSSR count). The van der Waals surface area contributed by atoms with Gasteiger partial charge in [0.1, 0.15) is 5.75 Å². The molecule has 1 fully saturated rings. The molecule has 5 nitrogen and oxygen atoms in total. The van der Waals surface area contributed by atoms with Crippen molar-refractivity contribution >= 4 is 21.7 Å². The highest BCUT2D eigenvalue weighted by molar-refractivity contribution is 7.85. The first-order valence-electron chi connectivity index (χ1n) is 7.76. The van der Waals surface area contributed by atoms with Crippen molar-refractivity contribution in [2.75, 3.05) is 13.1 Å². The summed E-state index contributed by atoms with van der Waals surface area (Å²) in [5.74, 6) is -0.0253. The highest BCUT2D eigenvalue weighted by Crippen LogP contribution is 2.33. The summed E-state index contributed by atoms with van der Waals surface area (Å²) in [6.45, 7) is 3.50. The third-order valence-electron chi connectivity index (χ3n) is 3.75. The average Bonchev–Trinajstić information content (AvgIpc) is 2.47. The van der Waals surface area contributed by atoms with Crippen molar-refractivity contribution < 1.29 is 30.9 Å². The van der Waals surface area contributed by atoms with E-state index >= 15 is 0 Å². The number of halogens is 4. The highest BCUT2D eigenvalue weighted by Gasteiger charge is 2.32. The molecule has 1 saturated heterocycles. The molecule has 0 radical (unpaired) electrons. The molecule has 0 spiro atoms. The number of benzene rings is 2. The molecule has 0 saturated carbocycles. The Kier molecular flexibility index (Phi) is 6.74. The van der Waals surface area contributed by atoms with Gasteiger partial charge in [-0.15, -0.1) is 13.2 Å². The minimum Gasteiger partial charge on any atom is -0.404 e. The van der Waals surface area contributed by atoms with Crippen molar-refractivity contribution in [1.29, 1.82) is 0 Å². The van der Waals surface area contributed by atoms with Crippen LogP contribution in [-0.4, -0.2) is 32.4 Å². The van der Waals surface area contributed by atoms with Crippen molar-refractivity contribution in [3.05, 3.63) is 58.6 Å². The summed E-state index contributed by atoms with van der Waals surface area (Å²) in [6.07, 6.45) is -4.71. The van der Waals surface area contributed by atoms with Crippen LogP contribution >= 0.6 is 11.6 Å². The van der Waals surface area contributed by atoms with Gasteiger partial charge < -0.3 is 10.1 Å². The van der Waals surface area contributed by atoms with Crippen LogP contribution in [0.3, 0.4) is 0 Å². The molecule has 0 aliphatic carbocycles. The monoisotopic (exact) mass is 423 g/mol. The van der Waals surface area contributed by atoms with Gasteiger partial charge in [0.2, 0.25) is 0 Å². The summed E-state index contributed by atoms with van der Waals surface area (Å²) < 4.78 is 69.2. The Morgan fingerprint density at radius 2 is 1.74 bits per heavy atom. The lowest BCUT2D eigenvalue weighted by atomic mass is 9.94. The summed E-state index contributed by atoms with van der Waals surface area (Å²) in [7, 11) is -4.02. The molecule has 1 aliphatic heterocycles. The second kappa shape index (κ2) is 8.47. The van der Waals surface area contributed by atoms with E-state index in [2.05, 4.69) is 10.1 Å². The molecule has 0 unspecified atom stereocenters. The Morgan fingerprint density at radius 1 is 1.15 bits per heavy atom. The molecule has 2 N–H and O–H groups in total. The van der Waals surface area contributed by atoms with E-state index in [4.69, 9.17) is 16.2 Å². The number of aryl methyl sites for hydroxylation is 1. The van der Waals surface area contributed by atoms with E-state index in [1.165, 1.54) is 24.3 Å². The van der Waals surface area contributed by atoms with Crippen LogP contribution < -0.4 is 10.1 Å². The average molecular weight is 424 g/mol. The van der Waals surface area contributed by atoms with Gasteiger partial charge in [-0.3, -0.25) is 4.55 Å². The van der Waals surface area contributed by atoms with Gasteiger partial charge in [0.25, 0.3) is 10.1 Å². The van der Waals surface area contributed by atoms with Gasteiger partial charge in [0, 0.05) is 19.0 Å². The third kappa shape index (κ3) is 6.69. The van der Waals surface area contributed by atoms with Crippen molar-refractivity contribution in [2.45, 2.75) is 24.1 Å². The van der Waals surface area contributed by atoms with Crippen molar-refractivity contribution in [3.8, 4) is 5.75 Å². The summed E-state index contributed by atoms with van der Waals surface area (Å²) in [5.41, 5.74) is 1.88. The van der Waals surface area contributed by atoms with Gasteiger partial charge in [-0.1, -0.05) is 35.4 Å². The molecular formula is C17H17ClF3NO4S. The first-order valence-corrected chi connectivity index (χ1v) is 9.57. The van der Waals surface area contributed by atoms with E-state index in [1.807, 2.05) is 6.92 Å². The maximum Gasteiger partial charge on any atom is 0.573 e. The van der Waals surface area contributed by atoms with Crippen LogP contribution in [0.5, 0.6) is 5.75 Å². The number of hydrogen-bond acceptors (Lipinski definition) is 4. The van der Waals surface area contributed by atoms with Crippen LogP contribution in [0, 0.1) is 6.92 Å². The quantitative estimate of drug-likeness (QED) is 0.725. The lowest BCUT2D eigenvalue weighted by molar-refractivity contribution is -0.274. The first kappa shape index (κ1) is 21.5. The Hall–Kier alpha value is -1.81. The van der Waals surface area contributed by atoms with Gasteiger partial charge in [0.15, 0.2) is 0 Å². The van der Waals surface area contributed by atoms with Crippen molar-refractivity contribution in [3.63, 3.8) is 0 Å². The predicted molar refractivity (Wildman–Crippen MR) is 94.7 cm³/mol. The van der Waals surface area contributed by atoms with E-state index in [9.17, 15) is 21.6 Å². The van der Waals surface area contributed by atoms with Crippen molar-refractivity contribution in [2.24, 2.45) is 0 Å². The van der Waals surface area contributed by atoms with Gasteiger partial charge in [-0.2, -0.15) is 8.42 Å². The zero-order valence-corrected chi connectivity index (χ0v) is 15.7. The Labute approximate surface area is 159 Å². The number of alkyl halides is 3. The number of hydrogen-bond donors (Lipinski definition) is 2. The lowest BCUT2D eigenvalue weighted by Crippen LogP contribution is -2.39. The molecule has 0 aromatic heterocycles. The zero-order valence-electron chi connectivity index (χ0n) is 14.1. The number of nitrogens with one attached hydrogen (secondary N) is 1. The summed E-state index contributed by atoms with van der Waals surface area (Å²) in [5, 5.41) is 3.07. The van der Waals surface area contributed by atoms with E-state index in [0.29, 0.717) is 5.92 Å². The van der Waals surface area contributed by atoms with Crippen LogP contribution in [0.2, 0.25) is 5.02 Å². The smallest absolute Gasteiger partial charge is 0.404 e. The fourth-order valence-corrected chi connectivity index (χ4v) is 2.92. The highest BCUT2D eigenvalue weighted by atomic mass is 35.5. The third-order valence-corrected chi connectivity index (χ3v) is 4.92. The molecule has 148 valence electrons. The molecule has 27 heavy (non-hydrogen) atoms. The molecule has 2 aromatic rings. The normalized spacial score (nSPS) is 14.7. The molecule has 2 aromatic carbocycles. The molecule has 10 heteroatoms. The van der Waals surface area contributed by atoms with E-state index < -0.39 is 16.5 Å². The predicted octanol–water partition coefficient (Wildman–Crippen LogP) is 4.17. The van der Waals surface area contributed by atoms with Crippen LogP contribution in [-0.2, 0) is 10.1 Å². The van der Waals surface area contributed by atoms with Gasteiger partial charge in [0.05, 0.1) is 9.92 Å². The van der Waals surface area contributed by atoms with E-state index in [0.717, 1.165) is 24.2 Å². The number of ether oxygens (including phenoxy) is 1. The summed E-state index contributed by atoms with van der Waals surface area (Å²) in [4.78, 5) is -0.0666. The fraction of sp³-hybridized carbons (Fsp3) is 0.294. The fourth-order valence-electron chi connectivity index (χ4n) is 2.21. The maximum absolute atomic E-state index is 12.0. The first-order chi connectivity index (χ1) is 12.5. The standard InChI is InChI=1S/C10H9ClF3NO.C7H8O3S/c11-8-3-6(7-4-15-5-7)1-2-9(8)16-10(12,13)14;1-6-2-4-7(5-3-6)11(8,9)10/h1-3,7,15H,4-5H2;2-5H,1H3,(H,8,9,10). The SMILES string of the molecule is Cc1ccc(S(=O)(=O)O)cc1.FC(F)(F)Oc1ccc(C2CNC2)cc1Cl. The molecule has 1 heterocycles. The molecule has 0 atom stereocenters. The van der Waals surface area contributed by atoms with E-state index in [-0.39, 0.29) is 15.7 Å². The van der Waals surface area contributed by atoms with Crippen LogP contribution in [0.1, 0.15) is 17.0 Å². The molecular weight excluding hydrogens is 407 g/mol. The summed E-state index contributed by atoms with van der Waals surface area (Å²) in [6, 6.07) is 10.4. The Bertz CT molecular complexity index is 882. The second-order valence-electron chi connectivity index (χ2n) is 5.88. The maximum atomic E-state index is 12.0. The largest absolute Gasteiger partial charge is 0.573 e. The van der Waals surface area contributed by atoms with Gasteiger partial charge >= 0.3 is 6.36 Å². The lowest BCUT2D eigenvalue weighted by Gasteiger charge is -2.27. The zero-order chi connectivity index (χ0) is 20.2. The summed E-state index contributed by atoms with van der Waals surface area (Å²) >= 11 is 5.72. The molecule has 1 aliphatic rings.